The van der Waals surface area contributed by atoms with Crippen LogP contribution in [0, 0.1) is 10.7 Å². The first-order chi connectivity index (χ1) is 8.65. The van der Waals surface area contributed by atoms with Gasteiger partial charge in [-0.1, -0.05) is 0 Å². The van der Waals surface area contributed by atoms with Crippen LogP contribution in [0.3, 0.4) is 0 Å². The molecule has 2 aromatic rings. The minimum Gasteiger partial charge on any atom is -0.466 e. The number of esters is 1. The molecular formula is C11H10FN3O3. The van der Waals surface area contributed by atoms with Gasteiger partial charge in [0.1, 0.15) is 17.2 Å². The molecule has 0 saturated carbocycles. The van der Waals surface area contributed by atoms with Crippen molar-refractivity contribution in [2.75, 3.05) is 6.61 Å². The Labute approximate surface area is 101 Å². The molecule has 18 heavy (non-hydrogen) atoms. The summed E-state index contributed by atoms with van der Waals surface area (Å²) < 4.78 is 19.0. The summed E-state index contributed by atoms with van der Waals surface area (Å²) in [7, 11) is 0. The number of ether oxygens (including phenoxy) is 1. The Morgan fingerprint density at radius 1 is 1.56 bits per heavy atom. The number of rotatable bonds is 4. The van der Waals surface area contributed by atoms with Crippen LogP contribution in [-0.2, 0) is 16.0 Å². The molecular weight excluding hydrogens is 241 g/mol. The highest BCUT2D eigenvalue weighted by Gasteiger charge is 2.17. The quantitative estimate of drug-likeness (QED) is 0.615. The lowest BCUT2D eigenvalue weighted by Gasteiger charge is -1.98. The molecule has 2 heterocycles. The maximum atomic E-state index is 13.1. The summed E-state index contributed by atoms with van der Waals surface area (Å²) >= 11 is 0. The Hall–Kier alpha value is -2.31. The number of fused-ring (bicyclic) bond motifs is 1. The highest BCUT2D eigenvalue weighted by atomic mass is 19.1. The number of nitroso groups, excluding NO2 is 1. The zero-order chi connectivity index (χ0) is 13.1. The predicted molar refractivity (Wildman–Crippen MR) is 60.9 cm³/mol. The summed E-state index contributed by atoms with van der Waals surface area (Å²) in [6.45, 7) is 1.92. The van der Waals surface area contributed by atoms with E-state index in [4.69, 9.17) is 4.74 Å². The van der Waals surface area contributed by atoms with Crippen LogP contribution >= 0.6 is 0 Å². The molecule has 0 atom stereocenters. The highest BCUT2D eigenvalue weighted by Crippen LogP contribution is 2.22. The van der Waals surface area contributed by atoms with Crippen molar-refractivity contribution in [3.8, 4) is 0 Å². The number of hydrogen-bond donors (Lipinski definition) is 0. The first-order valence-corrected chi connectivity index (χ1v) is 5.31. The van der Waals surface area contributed by atoms with Gasteiger partial charge in [-0.15, -0.1) is 4.91 Å². The zero-order valence-corrected chi connectivity index (χ0v) is 9.59. The third kappa shape index (κ3) is 2.20. The largest absolute Gasteiger partial charge is 0.466 e. The van der Waals surface area contributed by atoms with Crippen molar-refractivity contribution in [1.82, 2.24) is 9.38 Å². The van der Waals surface area contributed by atoms with Gasteiger partial charge in [-0.2, -0.15) is 0 Å². The second-order valence-electron chi connectivity index (χ2n) is 3.53. The topological polar surface area (TPSA) is 73.0 Å². The standard InChI is InChI=1S/C11H10FN3O3/c1-2-18-10(16)5-8-11(14-17)15-6-7(12)3-4-9(15)13-8/h3-4,6H,2,5H2,1H3. The van der Waals surface area contributed by atoms with Gasteiger partial charge in [-0.25, -0.2) is 9.37 Å². The summed E-state index contributed by atoms with van der Waals surface area (Å²) in [5.41, 5.74) is 0.527. The predicted octanol–water partition coefficient (Wildman–Crippen LogP) is 1.98. The monoisotopic (exact) mass is 251 g/mol. The minimum absolute atomic E-state index is 0.0856. The van der Waals surface area contributed by atoms with Crippen molar-refractivity contribution >= 4 is 17.4 Å². The van der Waals surface area contributed by atoms with Crippen LogP contribution in [0.25, 0.3) is 5.65 Å². The number of imidazole rings is 1. The molecule has 0 bridgehead atoms. The van der Waals surface area contributed by atoms with E-state index in [2.05, 4.69) is 10.2 Å². The normalized spacial score (nSPS) is 10.6. The Morgan fingerprint density at radius 3 is 3.00 bits per heavy atom. The molecule has 94 valence electrons. The van der Waals surface area contributed by atoms with Crippen molar-refractivity contribution in [3.05, 3.63) is 34.7 Å². The van der Waals surface area contributed by atoms with E-state index in [-0.39, 0.29) is 24.5 Å². The average Bonchev–Trinajstić information content (AvgIpc) is 2.65. The van der Waals surface area contributed by atoms with Crippen molar-refractivity contribution in [2.45, 2.75) is 13.3 Å². The second kappa shape index (κ2) is 4.91. The van der Waals surface area contributed by atoms with Gasteiger partial charge in [0, 0.05) is 6.20 Å². The molecule has 0 aliphatic carbocycles. The molecule has 0 fully saturated rings. The van der Waals surface area contributed by atoms with Crippen LogP contribution < -0.4 is 0 Å². The van der Waals surface area contributed by atoms with E-state index in [1.54, 1.807) is 6.92 Å². The Bertz CT molecular complexity index is 609. The van der Waals surface area contributed by atoms with E-state index in [1.807, 2.05) is 0 Å². The van der Waals surface area contributed by atoms with Crippen LogP contribution in [0.4, 0.5) is 10.2 Å². The average molecular weight is 251 g/mol. The van der Waals surface area contributed by atoms with Crippen LogP contribution in [-0.4, -0.2) is 22.0 Å². The number of nitrogens with zero attached hydrogens (tertiary/aromatic N) is 3. The first kappa shape index (κ1) is 12.2. The van der Waals surface area contributed by atoms with Crippen molar-refractivity contribution in [1.29, 1.82) is 0 Å². The minimum atomic E-state index is -0.521. The number of carbonyl (C=O) groups is 1. The molecule has 0 aromatic carbocycles. The van der Waals surface area contributed by atoms with E-state index < -0.39 is 11.8 Å². The maximum Gasteiger partial charge on any atom is 0.312 e. The van der Waals surface area contributed by atoms with Gasteiger partial charge in [0.15, 0.2) is 0 Å². The van der Waals surface area contributed by atoms with Crippen molar-refractivity contribution < 1.29 is 13.9 Å². The molecule has 0 amide bonds. The summed E-state index contributed by atoms with van der Waals surface area (Å²) in [6.07, 6.45) is 0.923. The Kier molecular flexibility index (Phi) is 3.31. The molecule has 6 nitrogen and oxygen atoms in total. The summed E-state index contributed by atoms with van der Waals surface area (Å²) in [5, 5.41) is 2.79. The first-order valence-electron chi connectivity index (χ1n) is 5.31. The third-order valence-corrected chi connectivity index (χ3v) is 2.33. The number of hydrogen-bond acceptors (Lipinski definition) is 5. The van der Waals surface area contributed by atoms with E-state index in [1.165, 1.54) is 16.5 Å². The molecule has 0 aliphatic heterocycles. The number of halogens is 1. The van der Waals surface area contributed by atoms with E-state index in [0.29, 0.717) is 5.65 Å². The van der Waals surface area contributed by atoms with Crippen LogP contribution in [0.15, 0.2) is 23.5 Å². The van der Waals surface area contributed by atoms with Gasteiger partial charge in [0.2, 0.25) is 5.82 Å². The Balaban J connectivity index is 2.44. The van der Waals surface area contributed by atoms with Gasteiger partial charge in [0.05, 0.1) is 13.0 Å². The van der Waals surface area contributed by atoms with Crippen molar-refractivity contribution in [2.24, 2.45) is 5.18 Å². The molecule has 7 heteroatoms. The van der Waals surface area contributed by atoms with E-state index >= 15 is 0 Å². The lowest BCUT2D eigenvalue weighted by atomic mass is 10.3. The molecule has 0 aliphatic rings. The van der Waals surface area contributed by atoms with Crippen LogP contribution in [0.2, 0.25) is 0 Å². The number of aromatic nitrogens is 2. The van der Waals surface area contributed by atoms with Crippen molar-refractivity contribution in [3.63, 3.8) is 0 Å². The maximum absolute atomic E-state index is 13.1. The van der Waals surface area contributed by atoms with Gasteiger partial charge in [-0.3, -0.25) is 9.20 Å². The molecule has 0 N–H and O–H groups in total. The highest BCUT2D eigenvalue weighted by molar-refractivity contribution is 5.74. The van der Waals surface area contributed by atoms with Gasteiger partial charge in [0.25, 0.3) is 0 Å². The fourth-order valence-electron chi connectivity index (χ4n) is 1.62. The third-order valence-electron chi connectivity index (χ3n) is 2.33. The van der Waals surface area contributed by atoms with Gasteiger partial charge < -0.3 is 4.74 Å². The summed E-state index contributed by atoms with van der Waals surface area (Å²) in [6, 6.07) is 2.61. The smallest absolute Gasteiger partial charge is 0.312 e. The fourth-order valence-corrected chi connectivity index (χ4v) is 1.62. The lowest BCUT2D eigenvalue weighted by molar-refractivity contribution is -0.142. The van der Waals surface area contributed by atoms with E-state index in [9.17, 15) is 14.1 Å². The second-order valence-corrected chi connectivity index (χ2v) is 3.53. The summed E-state index contributed by atoms with van der Waals surface area (Å²) in [4.78, 5) is 26.2. The molecule has 0 radical (unpaired) electrons. The van der Waals surface area contributed by atoms with Crippen LogP contribution in [0.5, 0.6) is 0 Å². The van der Waals surface area contributed by atoms with E-state index in [0.717, 1.165) is 6.20 Å². The molecule has 0 unspecified atom stereocenters. The molecule has 2 rings (SSSR count). The number of pyridine rings is 1. The van der Waals surface area contributed by atoms with Gasteiger partial charge in [-0.05, 0) is 24.2 Å². The molecule has 0 spiro atoms. The molecule has 0 saturated heterocycles. The Morgan fingerprint density at radius 2 is 2.33 bits per heavy atom. The van der Waals surface area contributed by atoms with Crippen LogP contribution in [0.1, 0.15) is 12.6 Å². The fraction of sp³-hybridized carbons (Fsp3) is 0.273. The summed E-state index contributed by atoms with van der Waals surface area (Å²) in [5.74, 6) is -1.11. The lowest BCUT2D eigenvalue weighted by Crippen LogP contribution is -2.07. The SMILES string of the molecule is CCOC(=O)Cc1nc2ccc(F)cn2c1N=O. The van der Waals surface area contributed by atoms with Gasteiger partial charge >= 0.3 is 5.97 Å². The number of carbonyl (C=O) groups excluding carboxylic acids is 1. The molecule has 2 aromatic heterocycles. The zero-order valence-electron chi connectivity index (χ0n) is 9.59.